The van der Waals surface area contributed by atoms with Gasteiger partial charge in [0.2, 0.25) is 0 Å². The Hall–Kier alpha value is -2.05. The third kappa shape index (κ3) is 4.90. The lowest BCUT2D eigenvalue weighted by Gasteiger charge is -2.48. The van der Waals surface area contributed by atoms with Crippen molar-refractivity contribution < 1.29 is 14.7 Å². The first-order chi connectivity index (χ1) is 15.1. The number of aromatic amines is 1. The molecule has 10 nitrogen and oxygen atoms in total. The molecule has 0 aromatic carbocycles. The first-order valence-corrected chi connectivity index (χ1v) is 12.5. The van der Waals surface area contributed by atoms with Crippen LogP contribution in [0, 0.1) is 5.92 Å². The first-order valence-electron chi connectivity index (χ1n) is 10.4. The topological polar surface area (TPSA) is 141 Å². The average molecular weight is 466 g/mol. The fourth-order valence-electron chi connectivity index (χ4n) is 4.13. The number of aromatic nitrogens is 3. The lowest BCUT2D eigenvalue weighted by molar-refractivity contribution is -0.147. The highest BCUT2D eigenvalue weighted by Gasteiger charge is 2.53. The zero-order chi connectivity index (χ0) is 21.8. The van der Waals surface area contributed by atoms with E-state index in [0.717, 1.165) is 55.4 Å². The van der Waals surface area contributed by atoms with Crippen LogP contribution in [0.15, 0.2) is 27.5 Å². The van der Waals surface area contributed by atoms with E-state index in [0.29, 0.717) is 11.5 Å². The minimum absolute atomic E-state index is 0.0980. The van der Waals surface area contributed by atoms with E-state index in [-0.39, 0.29) is 17.0 Å². The number of piperidine rings is 1. The van der Waals surface area contributed by atoms with Crippen molar-refractivity contribution in [1.29, 1.82) is 0 Å². The third-order valence-electron chi connectivity index (χ3n) is 5.87. The predicted octanol–water partition coefficient (Wildman–Crippen LogP) is 0.998. The summed E-state index contributed by atoms with van der Waals surface area (Å²) < 4.78 is 0. The summed E-state index contributed by atoms with van der Waals surface area (Å²) in [5, 5.41) is 20.4. The van der Waals surface area contributed by atoms with Crippen molar-refractivity contribution in [3.8, 4) is 0 Å². The fraction of sp³-hybridized carbons (Fsp3) is 0.632. The van der Waals surface area contributed by atoms with Crippen molar-refractivity contribution in [2.45, 2.75) is 42.1 Å². The third-order valence-corrected chi connectivity index (χ3v) is 8.20. The van der Waals surface area contributed by atoms with Crippen molar-refractivity contribution in [3.05, 3.63) is 17.5 Å². The molecule has 1 aromatic rings. The van der Waals surface area contributed by atoms with E-state index < -0.39 is 12.0 Å². The van der Waals surface area contributed by atoms with Crippen LogP contribution in [0.1, 0.15) is 25.7 Å². The number of nitrogens with one attached hydrogen (secondary N) is 1. The Labute approximate surface area is 189 Å². The second-order valence-electron chi connectivity index (χ2n) is 7.90. The summed E-state index contributed by atoms with van der Waals surface area (Å²) in [6.45, 7) is 2.62. The molecular weight excluding hydrogens is 438 g/mol. The number of fused-ring (bicyclic) bond motifs is 1. The molecule has 3 aliphatic rings. The highest BCUT2D eigenvalue weighted by molar-refractivity contribution is 8.01. The maximum absolute atomic E-state index is 12.8. The number of H-pyrrole nitrogens is 1. The van der Waals surface area contributed by atoms with Gasteiger partial charge < -0.3 is 15.7 Å². The molecule has 168 valence electrons. The number of nitrogens with two attached hydrogens (primary N) is 1. The molecule has 1 aromatic heterocycles. The number of carboxylic acids is 1. The highest BCUT2D eigenvalue weighted by Crippen LogP contribution is 2.42. The number of aliphatic carboxylic acids is 1. The lowest BCUT2D eigenvalue weighted by Crippen LogP contribution is -2.64. The monoisotopic (exact) mass is 465 g/mol. The molecule has 3 aliphatic heterocycles. The quantitative estimate of drug-likeness (QED) is 0.211. The molecule has 0 spiro atoms. The molecule has 1 amide bonds. The molecule has 4 rings (SSSR count). The molecule has 31 heavy (non-hydrogen) atoms. The number of carboxylic acid groups (broad SMARTS) is 1. The number of rotatable bonds is 9. The standard InChI is InChI=1S/C19H27N7O3S2/c20-5-1-2-12-3-6-25(7-4-12)11-21-15-17(27)26-16(19(28)29)13(10-31-18(15)26)9-30-14-8-22-24-23-14/h8,11-12,15,18H,1-7,9-10,20H2,(H,28,29)(H,22,23,24)/b21-11+/t15?,18-/m1/s1. The van der Waals surface area contributed by atoms with E-state index in [1.54, 1.807) is 24.3 Å². The number of likely N-dealkylation sites (tertiary alicyclic amines) is 1. The number of carbonyl (C=O) groups is 2. The Kier molecular flexibility index (Phi) is 7.18. The van der Waals surface area contributed by atoms with Gasteiger partial charge in [-0.25, -0.2) is 4.79 Å². The molecule has 0 radical (unpaired) electrons. The number of carbonyl (C=O) groups excluding carboxylic acids is 1. The molecule has 0 saturated carbocycles. The van der Waals surface area contributed by atoms with E-state index in [1.165, 1.54) is 23.1 Å². The number of nitrogens with zero attached hydrogens (tertiary/aromatic N) is 5. The number of hydrogen-bond acceptors (Lipinski definition) is 8. The number of hydrogen-bond donors (Lipinski definition) is 3. The summed E-state index contributed by atoms with van der Waals surface area (Å²) in [7, 11) is 0. The van der Waals surface area contributed by atoms with Gasteiger partial charge in [0.05, 0.1) is 12.5 Å². The van der Waals surface area contributed by atoms with Crippen molar-refractivity contribution in [1.82, 2.24) is 25.2 Å². The normalized spacial score (nSPS) is 24.6. The van der Waals surface area contributed by atoms with Crippen LogP contribution in [-0.2, 0) is 9.59 Å². The second kappa shape index (κ2) is 10.0. The summed E-state index contributed by atoms with van der Waals surface area (Å²) in [4.78, 5) is 32.8. The van der Waals surface area contributed by atoms with Gasteiger partial charge in [-0.05, 0) is 43.7 Å². The molecule has 2 fully saturated rings. The molecule has 4 N–H and O–H groups in total. The van der Waals surface area contributed by atoms with Crippen LogP contribution >= 0.6 is 23.5 Å². The molecule has 2 saturated heterocycles. The van der Waals surface area contributed by atoms with Gasteiger partial charge in [-0.15, -0.1) is 28.6 Å². The Bertz CT molecular complexity index is 853. The Balaban J connectivity index is 1.35. The zero-order valence-corrected chi connectivity index (χ0v) is 18.8. The zero-order valence-electron chi connectivity index (χ0n) is 17.1. The largest absolute Gasteiger partial charge is 0.477 e. The molecule has 4 heterocycles. The van der Waals surface area contributed by atoms with Crippen LogP contribution in [0.3, 0.4) is 0 Å². The SMILES string of the molecule is NCCCC1CCN(/C=N/C2C(=O)N3C(C(=O)O)=C(CSc4cnn[nH]4)CS[C@H]23)CC1. The van der Waals surface area contributed by atoms with Crippen LogP contribution in [0.5, 0.6) is 0 Å². The van der Waals surface area contributed by atoms with E-state index in [4.69, 9.17) is 5.73 Å². The number of amides is 1. The highest BCUT2D eigenvalue weighted by atomic mass is 32.2. The van der Waals surface area contributed by atoms with Gasteiger partial charge in [-0.1, -0.05) is 5.21 Å². The van der Waals surface area contributed by atoms with Gasteiger partial charge in [-0.3, -0.25) is 19.8 Å². The van der Waals surface area contributed by atoms with Crippen LogP contribution in [0.4, 0.5) is 0 Å². The molecule has 0 aliphatic carbocycles. The average Bonchev–Trinajstić information content (AvgIpc) is 3.30. The Morgan fingerprint density at radius 2 is 2.26 bits per heavy atom. The molecule has 2 atom stereocenters. The Morgan fingerprint density at radius 1 is 1.45 bits per heavy atom. The minimum Gasteiger partial charge on any atom is -0.477 e. The summed E-state index contributed by atoms with van der Waals surface area (Å²) >= 11 is 2.99. The van der Waals surface area contributed by atoms with Gasteiger partial charge in [0.15, 0.2) is 6.04 Å². The van der Waals surface area contributed by atoms with Gasteiger partial charge in [0.25, 0.3) is 5.91 Å². The van der Waals surface area contributed by atoms with Gasteiger partial charge in [0, 0.05) is 24.6 Å². The summed E-state index contributed by atoms with van der Waals surface area (Å²) in [5.74, 6) is 0.430. The molecule has 12 heteroatoms. The van der Waals surface area contributed by atoms with Crippen molar-refractivity contribution in [3.63, 3.8) is 0 Å². The maximum Gasteiger partial charge on any atom is 0.352 e. The number of β-lactam (4-membered cyclic amide) rings is 1. The van der Waals surface area contributed by atoms with Crippen molar-refractivity contribution in [2.24, 2.45) is 16.6 Å². The van der Waals surface area contributed by atoms with Crippen LogP contribution in [-0.4, -0.2) is 91.1 Å². The Morgan fingerprint density at radius 3 is 2.94 bits per heavy atom. The molecular formula is C19H27N7O3S2. The first kappa shape index (κ1) is 22.2. The molecule has 0 bridgehead atoms. The van der Waals surface area contributed by atoms with Crippen LogP contribution in [0.2, 0.25) is 0 Å². The number of aliphatic imine (C=N–C) groups is 1. The van der Waals surface area contributed by atoms with Gasteiger partial charge in [0.1, 0.15) is 16.1 Å². The number of thioether (sulfide) groups is 2. The van der Waals surface area contributed by atoms with Crippen molar-refractivity contribution >= 4 is 41.7 Å². The van der Waals surface area contributed by atoms with E-state index in [9.17, 15) is 14.7 Å². The van der Waals surface area contributed by atoms with E-state index in [1.807, 2.05) is 0 Å². The fourth-order valence-corrected chi connectivity index (χ4v) is 6.39. The van der Waals surface area contributed by atoms with Crippen LogP contribution < -0.4 is 5.73 Å². The van der Waals surface area contributed by atoms with Gasteiger partial charge in [-0.2, -0.15) is 0 Å². The summed E-state index contributed by atoms with van der Waals surface area (Å²) in [5.41, 5.74) is 6.42. The second-order valence-corrected chi connectivity index (χ2v) is 10.0. The van der Waals surface area contributed by atoms with Gasteiger partial charge >= 0.3 is 5.97 Å². The summed E-state index contributed by atoms with van der Waals surface area (Å²) in [6, 6.07) is -0.514. The minimum atomic E-state index is -1.07. The van der Waals surface area contributed by atoms with Crippen molar-refractivity contribution in [2.75, 3.05) is 31.1 Å². The predicted molar refractivity (Wildman–Crippen MR) is 120 cm³/mol. The van der Waals surface area contributed by atoms with E-state index in [2.05, 4.69) is 25.3 Å². The van der Waals surface area contributed by atoms with E-state index >= 15 is 0 Å². The lowest BCUT2D eigenvalue weighted by atomic mass is 9.92. The smallest absolute Gasteiger partial charge is 0.352 e. The molecule has 1 unspecified atom stereocenters. The maximum atomic E-state index is 12.8. The summed E-state index contributed by atoms with van der Waals surface area (Å²) in [6.07, 6.45) is 7.87. The van der Waals surface area contributed by atoms with Crippen LogP contribution in [0.25, 0.3) is 0 Å².